The summed E-state index contributed by atoms with van der Waals surface area (Å²) in [5.74, 6) is 0. The second-order valence-corrected chi connectivity index (χ2v) is 6.21. The molecule has 2 fully saturated rings. The minimum Gasteiger partial charge on any atom is -0.465 e. The minimum absolute atomic E-state index is 0.241. The molecule has 3 rings (SSSR count). The molecule has 2 saturated heterocycles. The fourth-order valence-corrected chi connectivity index (χ4v) is 3.50. The van der Waals surface area contributed by atoms with Crippen LogP contribution < -0.4 is 5.32 Å². The molecule has 0 aromatic heterocycles. The summed E-state index contributed by atoms with van der Waals surface area (Å²) < 4.78 is 5.56. The smallest absolute Gasteiger partial charge is 0.411 e. The van der Waals surface area contributed by atoms with Crippen LogP contribution in [0.4, 0.5) is 9.59 Å². The average Bonchev–Trinajstić information content (AvgIpc) is 2.96. The molecule has 1 aromatic rings. The van der Waals surface area contributed by atoms with Crippen molar-refractivity contribution in [1.82, 2.24) is 10.2 Å². The topological polar surface area (TPSA) is 78.9 Å². The maximum atomic E-state index is 12.0. The fraction of sp³-hybridized carbons (Fsp3) is 0.500. The van der Waals surface area contributed by atoms with Crippen molar-refractivity contribution in [2.75, 3.05) is 6.54 Å². The van der Waals surface area contributed by atoms with Gasteiger partial charge in [-0.25, -0.2) is 9.59 Å². The van der Waals surface area contributed by atoms with Crippen LogP contribution in [-0.2, 0) is 4.74 Å². The lowest BCUT2D eigenvalue weighted by atomic mass is 9.87. The molecular weight excluding hydrogens is 284 g/mol. The van der Waals surface area contributed by atoms with Gasteiger partial charge in [0, 0.05) is 6.54 Å². The summed E-state index contributed by atoms with van der Waals surface area (Å²) in [6.07, 6.45) is 0.381. The van der Waals surface area contributed by atoms with Gasteiger partial charge in [0.15, 0.2) is 6.10 Å². The fourth-order valence-electron chi connectivity index (χ4n) is 3.50. The quantitative estimate of drug-likeness (QED) is 0.899. The van der Waals surface area contributed by atoms with Crippen LogP contribution in [0.1, 0.15) is 50.0 Å². The third kappa shape index (κ3) is 2.28. The van der Waals surface area contributed by atoms with Crippen LogP contribution in [0.5, 0.6) is 0 Å². The zero-order chi connectivity index (χ0) is 15.9. The molecule has 0 spiro atoms. The summed E-state index contributed by atoms with van der Waals surface area (Å²) in [5.41, 5.74) is 1.55. The van der Waals surface area contributed by atoms with E-state index in [1.54, 1.807) is 6.92 Å². The van der Waals surface area contributed by atoms with Crippen LogP contribution in [0, 0.1) is 0 Å². The number of hydrogen-bond acceptors (Lipinski definition) is 3. The molecule has 6 heteroatoms. The van der Waals surface area contributed by atoms with E-state index in [0.29, 0.717) is 0 Å². The van der Waals surface area contributed by atoms with E-state index < -0.39 is 6.09 Å². The van der Waals surface area contributed by atoms with Crippen LogP contribution in [-0.4, -0.2) is 34.3 Å². The molecule has 0 radical (unpaired) electrons. The Morgan fingerprint density at radius 2 is 2.14 bits per heavy atom. The minimum atomic E-state index is -1.05. The third-order valence-corrected chi connectivity index (χ3v) is 4.76. The molecule has 0 saturated carbocycles. The normalized spacial score (nSPS) is 28.2. The van der Waals surface area contributed by atoms with Crippen molar-refractivity contribution in [3.8, 4) is 0 Å². The molecule has 0 bridgehead atoms. The first kappa shape index (κ1) is 14.7. The summed E-state index contributed by atoms with van der Waals surface area (Å²) in [5, 5.41) is 11.2. The van der Waals surface area contributed by atoms with E-state index in [-0.39, 0.29) is 23.8 Å². The van der Waals surface area contributed by atoms with Crippen molar-refractivity contribution in [3.05, 3.63) is 35.4 Å². The molecule has 118 valence electrons. The van der Waals surface area contributed by atoms with Gasteiger partial charge in [0.05, 0.1) is 11.6 Å². The number of nitrogens with zero attached hydrogens (tertiary/aromatic N) is 1. The Balaban J connectivity index is 1.81. The van der Waals surface area contributed by atoms with Gasteiger partial charge in [0.2, 0.25) is 0 Å². The van der Waals surface area contributed by atoms with E-state index in [1.807, 2.05) is 29.2 Å². The van der Waals surface area contributed by atoms with Crippen molar-refractivity contribution >= 4 is 12.2 Å². The van der Waals surface area contributed by atoms with Gasteiger partial charge in [0.1, 0.15) is 0 Å². The lowest BCUT2D eigenvalue weighted by Crippen LogP contribution is -2.40. The molecule has 22 heavy (non-hydrogen) atoms. The first-order chi connectivity index (χ1) is 10.4. The maximum Gasteiger partial charge on any atom is 0.411 e. The highest BCUT2D eigenvalue weighted by molar-refractivity contribution is 5.72. The van der Waals surface area contributed by atoms with Crippen LogP contribution in [0.25, 0.3) is 0 Å². The number of amides is 2. The van der Waals surface area contributed by atoms with E-state index in [9.17, 15) is 9.59 Å². The summed E-state index contributed by atoms with van der Waals surface area (Å²) in [6.45, 7) is 4.61. The Labute approximate surface area is 129 Å². The van der Waals surface area contributed by atoms with Crippen molar-refractivity contribution in [2.24, 2.45) is 0 Å². The van der Waals surface area contributed by atoms with Gasteiger partial charge >= 0.3 is 12.2 Å². The van der Waals surface area contributed by atoms with Crippen molar-refractivity contribution in [2.45, 2.75) is 44.4 Å². The van der Waals surface area contributed by atoms with Gasteiger partial charge in [-0.2, -0.15) is 0 Å². The Hall–Kier alpha value is -2.24. The van der Waals surface area contributed by atoms with Crippen molar-refractivity contribution in [1.29, 1.82) is 0 Å². The van der Waals surface area contributed by atoms with Crippen LogP contribution in [0.2, 0.25) is 0 Å². The van der Waals surface area contributed by atoms with Gasteiger partial charge in [-0.05, 0) is 37.8 Å². The molecule has 2 aliphatic rings. The molecule has 0 unspecified atom stereocenters. The standard InChI is InChI=1S/C16H20N2O4/c1-10(17-14(19)20)11-4-6-12(7-5-11)13-16(2)8-3-9-18(16)15(21)22-13/h4-7,10,13,17H,3,8-9H2,1-2H3,(H,19,20)/t10-,13+,16+/m0/s1. The molecule has 3 atom stereocenters. The lowest BCUT2D eigenvalue weighted by molar-refractivity contribution is 0.111. The van der Waals surface area contributed by atoms with E-state index in [0.717, 1.165) is 30.5 Å². The average molecular weight is 304 g/mol. The molecule has 0 aliphatic carbocycles. The number of ether oxygens (including phenoxy) is 1. The van der Waals surface area contributed by atoms with E-state index in [1.165, 1.54) is 0 Å². The number of benzene rings is 1. The molecule has 2 N–H and O–H groups in total. The molecule has 1 aromatic carbocycles. The van der Waals surface area contributed by atoms with Gasteiger partial charge in [-0.15, -0.1) is 0 Å². The Bertz CT molecular complexity index is 601. The number of hydrogen-bond donors (Lipinski definition) is 2. The highest BCUT2D eigenvalue weighted by Gasteiger charge is 2.54. The first-order valence-corrected chi connectivity index (χ1v) is 7.49. The highest BCUT2D eigenvalue weighted by atomic mass is 16.6. The summed E-state index contributed by atoms with van der Waals surface area (Å²) in [4.78, 5) is 24.5. The van der Waals surface area contributed by atoms with Crippen LogP contribution in [0.3, 0.4) is 0 Å². The predicted molar refractivity (Wildman–Crippen MR) is 79.6 cm³/mol. The largest absolute Gasteiger partial charge is 0.465 e. The third-order valence-electron chi connectivity index (χ3n) is 4.76. The SMILES string of the molecule is C[C@H](NC(=O)O)c1ccc([C@H]2OC(=O)N3CCC[C@]23C)cc1. The monoisotopic (exact) mass is 304 g/mol. The van der Waals surface area contributed by atoms with Gasteiger partial charge in [-0.1, -0.05) is 24.3 Å². The Morgan fingerprint density at radius 1 is 1.45 bits per heavy atom. The van der Waals surface area contributed by atoms with Crippen molar-refractivity contribution in [3.63, 3.8) is 0 Å². The summed E-state index contributed by atoms with van der Waals surface area (Å²) >= 11 is 0. The zero-order valence-corrected chi connectivity index (χ0v) is 12.7. The van der Waals surface area contributed by atoms with Crippen molar-refractivity contribution < 1.29 is 19.4 Å². The Kier molecular flexibility index (Phi) is 3.47. The number of carbonyl (C=O) groups is 2. The number of fused-ring (bicyclic) bond motifs is 1. The number of rotatable bonds is 3. The van der Waals surface area contributed by atoms with E-state index >= 15 is 0 Å². The molecule has 6 nitrogen and oxygen atoms in total. The second kappa shape index (κ2) is 5.19. The van der Waals surface area contributed by atoms with Crippen LogP contribution in [0.15, 0.2) is 24.3 Å². The summed E-state index contributed by atoms with van der Waals surface area (Å²) in [6, 6.07) is 7.31. The first-order valence-electron chi connectivity index (χ1n) is 7.49. The molecular formula is C16H20N2O4. The second-order valence-electron chi connectivity index (χ2n) is 6.21. The van der Waals surface area contributed by atoms with Gasteiger partial charge in [-0.3, -0.25) is 4.90 Å². The van der Waals surface area contributed by atoms with Gasteiger partial charge in [0.25, 0.3) is 0 Å². The van der Waals surface area contributed by atoms with E-state index in [4.69, 9.17) is 9.84 Å². The number of carboxylic acid groups (broad SMARTS) is 1. The molecule has 2 amide bonds. The Morgan fingerprint density at radius 3 is 2.77 bits per heavy atom. The molecule has 2 aliphatic heterocycles. The summed E-state index contributed by atoms with van der Waals surface area (Å²) in [7, 11) is 0. The van der Waals surface area contributed by atoms with Crippen LogP contribution >= 0.6 is 0 Å². The highest BCUT2D eigenvalue weighted by Crippen LogP contribution is 2.47. The van der Waals surface area contributed by atoms with E-state index in [2.05, 4.69) is 12.2 Å². The number of nitrogens with one attached hydrogen (secondary N) is 1. The predicted octanol–water partition coefficient (Wildman–Crippen LogP) is 3.06. The molecule has 2 heterocycles. The van der Waals surface area contributed by atoms with Gasteiger partial charge < -0.3 is 15.2 Å². The zero-order valence-electron chi connectivity index (χ0n) is 12.7. The maximum absolute atomic E-state index is 12.0. The number of cyclic esters (lactones) is 1. The number of carbonyl (C=O) groups excluding carboxylic acids is 1. The lowest BCUT2D eigenvalue weighted by Gasteiger charge is -2.29.